The minimum atomic E-state index is 0.530. The van der Waals surface area contributed by atoms with Gasteiger partial charge in [-0.05, 0) is 23.8 Å². The zero-order valence-corrected chi connectivity index (χ0v) is 8.95. The average molecular weight is 219 g/mol. The van der Waals surface area contributed by atoms with E-state index in [2.05, 4.69) is 11.2 Å². The quantitative estimate of drug-likeness (QED) is 0.772. The van der Waals surface area contributed by atoms with Crippen LogP contribution in [0.15, 0.2) is 36.5 Å². The van der Waals surface area contributed by atoms with Gasteiger partial charge in [-0.3, -0.25) is 4.98 Å². The molecule has 2 nitrogen and oxygen atoms in total. The fourth-order valence-corrected chi connectivity index (χ4v) is 1.55. The lowest BCUT2D eigenvalue weighted by Crippen LogP contribution is -1.84. The highest BCUT2D eigenvalue weighted by Gasteiger charge is 2.02. The van der Waals surface area contributed by atoms with E-state index in [-0.39, 0.29) is 0 Å². The van der Waals surface area contributed by atoms with Crippen molar-refractivity contribution in [3.63, 3.8) is 0 Å². The van der Waals surface area contributed by atoms with Crippen LogP contribution < -0.4 is 4.74 Å². The summed E-state index contributed by atoms with van der Waals surface area (Å²) in [6.45, 7) is 0. The molecule has 0 saturated carbocycles. The first-order valence-corrected chi connectivity index (χ1v) is 4.85. The Morgan fingerprint density at radius 2 is 1.93 bits per heavy atom. The summed E-state index contributed by atoms with van der Waals surface area (Å²) >= 11 is 5.98. The zero-order chi connectivity index (χ0) is 10.7. The van der Waals surface area contributed by atoms with E-state index < -0.39 is 0 Å². The van der Waals surface area contributed by atoms with Gasteiger partial charge in [-0.1, -0.05) is 23.7 Å². The number of pyridine rings is 1. The van der Waals surface area contributed by atoms with Crippen LogP contribution in [0.4, 0.5) is 0 Å². The van der Waals surface area contributed by atoms with E-state index >= 15 is 0 Å². The molecule has 75 valence electrons. The monoisotopic (exact) mass is 218 g/mol. The van der Waals surface area contributed by atoms with Gasteiger partial charge >= 0.3 is 0 Å². The number of hydrogen-bond donors (Lipinski definition) is 0. The first kappa shape index (κ1) is 9.99. The maximum atomic E-state index is 5.98. The number of ether oxygens (including phenoxy) is 1. The molecule has 1 aromatic carbocycles. The van der Waals surface area contributed by atoms with Crippen LogP contribution in [0.3, 0.4) is 0 Å². The van der Waals surface area contributed by atoms with E-state index in [1.165, 1.54) is 0 Å². The third-order valence-corrected chi connectivity index (χ3v) is 2.40. The minimum absolute atomic E-state index is 0.530. The SMILES string of the molecule is COc1ccc(-c2ccn[c]c2Cl)cc1. The maximum Gasteiger partial charge on any atom is 0.118 e. The van der Waals surface area contributed by atoms with Crippen molar-refractivity contribution in [3.05, 3.63) is 47.7 Å². The van der Waals surface area contributed by atoms with Gasteiger partial charge < -0.3 is 4.74 Å². The van der Waals surface area contributed by atoms with Gasteiger partial charge in [0.2, 0.25) is 0 Å². The fraction of sp³-hybridized carbons (Fsp3) is 0.0833. The highest BCUT2D eigenvalue weighted by molar-refractivity contribution is 6.33. The molecule has 0 fully saturated rings. The van der Waals surface area contributed by atoms with Crippen LogP contribution in [0.5, 0.6) is 5.75 Å². The van der Waals surface area contributed by atoms with E-state index in [9.17, 15) is 0 Å². The van der Waals surface area contributed by atoms with E-state index in [1.807, 2.05) is 30.3 Å². The largest absolute Gasteiger partial charge is 0.497 e. The molecule has 1 heterocycles. The second-order valence-corrected chi connectivity index (χ2v) is 3.39. The Balaban J connectivity index is 2.42. The van der Waals surface area contributed by atoms with E-state index in [4.69, 9.17) is 16.3 Å². The van der Waals surface area contributed by atoms with Crippen LogP contribution in [-0.2, 0) is 0 Å². The summed E-state index contributed by atoms with van der Waals surface area (Å²) in [6, 6.07) is 9.56. The summed E-state index contributed by atoms with van der Waals surface area (Å²) in [5.74, 6) is 0.827. The molecule has 0 aliphatic rings. The fourth-order valence-electron chi connectivity index (χ4n) is 1.33. The molecule has 0 N–H and O–H groups in total. The molecule has 0 aliphatic heterocycles. The lowest BCUT2D eigenvalue weighted by molar-refractivity contribution is 0.415. The van der Waals surface area contributed by atoms with Gasteiger partial charge in [-0.25, -0.2) is 0 Å². The van der Waals surface area contributed by atoms with E-state index in [0.29, 0.717) is 5.02 Å². The Hall–Kier alpha value is -1.54. The van der Waals surface area contributed by atoms with Crippen molar-refractivity contribution in [1.29, 1.82) is 0 Å². The molecular formula is C12H9ClNO. The second-order valence-electron chi connectivity index (χ2n) is 3.01. The summed E-state index contributed by atoms with van der Waals surface area (Å²) in [6.07, 6.45) is 4.38. The molecule has 0 bridgehead atoms. The first-order valence-electron chi connectivity index (χ1n) is 4.48. The van der Waals surface area contributed by atoms with Crippen molar-refractivity contribution >= 4 is 11.6 Å². The maximum absolute atomic E-state index is 5.98. The zero-order valence-electron chi connectivity index (χ0n) is 8.20. The molecule has 1 radical (unpaired) electrons. The van der Waals surface area contributed by atoms with Gasteiger partial charge in [0.25, 0.3) is 0 Å². The molecule has 15 heavy (non-hydrogen) atoms. The number of benzene rings is 1. The standard InChI is InChI=1S/C12H9ClNO/c1-15-10-4-2-9(3-5-10)11-6-7-14-8-12(11)13/h2-7H,1H3. The van der Waals surface area contributed by atoms with Crippen molar-refractivity contribution in [2.24, 2.45) is 0 Å². The van der Waals surface area contributed by atoms with Crippen molar-refractivity contribution < 1.29 is 4.74 Å². The summed E-state index contributed by atoms with van der Waals surface area (Å²) in [4.78, 5) is 3.82. The molecule has 0 saturated heterocycles. The first-order chi connectivity index (χ1) is 7.31. The topological polar surface area (TPSA) is 22.1 Å². The third-order valence-electron chi connectivity index (χ3n) is 2.12. The Kier molecular flexibility index (Phi) is 2.88. The molecule has 2 aromatic rings. The predicted octanol–water partition coefficient (Wildman–Crippen LogP) is 3.21. The van der Waals surface area contributed by atoms with Gasteiger partial charge in [-0.2, -0.15) is 0 Å². The Morgan fingerprint density at radius 1 is 1.20 bits per heavy atom. The molecule has 2 rings (SSSR count). The van der Waals surface area contributed by atoms with Gasteiger partial charge in [-0.15, -0.1) is 0 Å². The second kappa shape index (κ2) is 4.32. The van der Waals surface area contributed by atoms with Crippen molar-refractivity contribution in [2.75, 3.05) is 7.11 Å². The predicted molar refractivity (Wildman–Crippen MR) is 60.1 cm³/mol. The number of hydrogen-bond acceptors (Lipinski definition) is 2. The molecule has 1 aromatic heterocycles. The van der Waals surface area contributed by atoms with Crippen LogP contribution in [0.1, 0.15) is 0 Å². The van der Waals surface area contributed by atoms with Gasteiger partial charge in [0.05, 0.1) is 12.1 Å². The Morgan fingerprint density at radius 3 is 2.53 bits per heavy atom. The van der Waals surface area contributed by atoms with Gasteiger partial charge in [0.15, 0.2) is 0 Å². The normalized spacial score (nSPS) is 10.0. The average Bonchev–Trinajstić information content (AvgIpc) is 2.30. The van der Waals surface area contributed by atoms with E-state index in [1.54, 1.807) is 13.3 Å². The summed E-state index contributed by atoms with van der Waals surface area (Å²) in [7, 11) is 1.64. The number of nitrogens with zero attached hydrogens (tertiary/aromatic N) is 1. The summed E-state index contributed by atoms with van der Waals surface area (Å²) in [5, 5.41) is 0.530. The highest BCUT2D eigenvalue weighted by atomic mass is 35.5. The molecule has 0 spiro atoms. The van der Waals surface area contributed by atoms with Crippen LogP contribution in [-0.4, -0.2) is 12.1 Å². The molecule has 3 heteroatoms. The molecule has 0 aliphatic carbocycles. The third kappa shape index (κ3) is 2.10. The number of halogens is 1. The smallest absolute Gasteiger partial charge is 0.118 e. The van der Waals surface area contributed by atoms with Crippen molar-refractivity contribution in [1.82, 2.24) is 4.98 Å². The van der Waals surface area contributed by atoms with Crippen molar-refractivity contribution in [3.8, 4) is 16.9 Å². The van der Waals surface area contributed by atoms with Gasteiger partial charge in [0.1, 0.15) is 11.9 Å². The van der Waals surface area contributed by atoms with Crippen LogP contribution in [0.2, 0.25) is 5.02 Å². The summed E-state index contributed by atoms with van der Waals surface area (Å²) in [5.41, 5.74) is 1.95. The van der Waals surface area contributed by atoms with Crippen LogP contribution >= 0.6 is 11.6 Å². The molecule has 0 amide bonds. The van der Waals surface area contributed by atoms with Gasteiger partial charge in [0, 0.05) is 11.8 Å². The van der Waals surface area contributed by atoms with Crippen molar-refractivity contribution in [2.45, 2.75) is 0 Å². The highest BCUT2D eigenvalue weighted by Crippen LogP contribution is 2.27. The number of rotatable bonds is 2. The van der Waals surface area contributed by atoms with Crippen LogP contribution in [0, 0.1) is 6.20 Å². The number of methoxy groups -OCH3 is 1. The van der Waals surface area contributed by atoms with Crippen LogP contribution in [0.25, 0.3) is 11.1 Å². The lowest BCUT2D eigenvalue weighted by atomic mass is 10.1. The molecular weight excluding hydrogens is 210 g/mol. The molecule has 0 atom stereocenters. The Labute approximate surface area is 93.5 Å². The summed E-state index contributed by atoms with van der Waals surface area (Å²) < 4.78 is 5.08. The van der Waals surface area contributed by atoms with E-state index in [0.717, 1.165) is 16.9 Å². The Bertz CT molecular complexity index is 453. The molecule has 0 unspecified atom stereocenters. The number of aromatic nitrogens is 1. The lowest BCUT2D eigenvalue weighted by Gasteiger charge is -2.04. The minimum Gasteiger partial charge on any atom is -0.497 e.